The number of carbonyl (C=O) groups is 1. The molecule has 3 unspecified atom stereocenters. The quantitative estimate of drug-likeness (QED) is 0.208. The van der Waals surface area contributed by atoms with Crippen molar-refractivity contribution in [3.8, 4) is 0 Å². The number of benzene rings is 4. The van der Waals surface area contributed by atoms with Crippen LogP contribution in [0.2, 0.25) is 0 Å². The molecule has 4 aromatic carbocycles. The molecule has 0 radical (unpaired) electrons. The second-order valence-electron chi connectivity index (χ2n) is 12.3. The summed E-state index contributed by atoms with van der Waals surface area (Å²) >= 11 is 0. The predicted octanol–water partition coefficient (Wildman–Crippen LogP) is 7.85. The van der Waals surface area contributed by atoms with Crippen LogP contribution in [-0.4, -0.2) is 18.0 Å². The molecular formula is C38H38N2O2. The average molecular weight is 555 g/mol. The SMILES string of the molecule is Cc1ccc(N(c2ccc(C3=C([O-])C(C4C=[N+](c5ccc(C)cc5)c5ccccc54)C3=O)cc2)C(C)CC(C)C)cc1. The third-order valence-electron chi connectivity index (χ3n) is 8.59. The fraction of sp³-hybridized carbons (Fsp3) is 0.263. The van der Waals surface area contributed by atoms with E-state index in [2.05, 4.69) is 98.7 Å². The second-order valence-corrected chi connectivity index (χ2v) is 12.3. The molecule has 0 saturated carbocycles. The summed E-state index contributed by atoms with van der Waals surface area (Å²) in [7, 11) is 0. The van der Waals surface area contributed by atoms with E-state index in [1.807, 2.05) is 48.7 Å². The van der Waals surface area contributed by atoms with Gasteiger partial charge in [-0.3, -0.25) is 4.79 Å². The monoisotopic (exact) mass is 554 g/mol. The summed E-state index contributed by atoms with van der Waals surface area (Å²) in [5.41, 5.74) is 8.70. The third kappa shape index (κ3) is 4.96. The molecule has 42 heavy (non-hydrogen) atoms. The van der Waals surface area contributed by atoms with Gasteiger partial charge in [0.05, 0.1) is 11.8 Å². The molecule has 4 heteroatoms. The summed E-state index contributed by atoms with van der Waals surface area (Å²) < 4.78 is 2.12. The lowest BCUT2D eigenvalue weighted by Crippen LogP contribution is -2.40. The van der Waals surface area contributed by atoms with Gasteiger partial charge in [-0.05, 0) is 62.9 Å². The van der Waals surface area contributed by atoms with Crippen LogP contribution >= 0.6 is 0 Å². The Labute approximate surface area is 249 Å². The van der Waals surface area contributed by atoms with E-state index in [-0.39, 0.29) is 23.5 Å². The molecule has 1 aliphatic carbocycles. The molecule has 212 valence electrons. The molecular weight excluding hydrogens is 516 g/mol. The number of anilines is 2. The minimum absolute atomic E-state index is 0.0712. The molecule has 3 atom stereocenters. The normalized spacial score (nSPS) is 18.5. The number of ketones is 1. The highest BCUT2D eigenvalue weighted by atomic mass is 16.3. The Balaban J connectivity index is 1.31. The van der Waals surface area contributed by atoms with E-state index in [4.69, 9.17) is 0 Å². The average Bonchev–Trinajstić information content (AvgIpc) is 3.34. The first-order chi connectivity index (χ1) is 20.2. The molecule has 4 aromatic rings. The molecule has 2 aliphatic rings. The Kier molecular flexibility index (Phi) is 7.32. The molecule has 1 heterocycles. The van der Waals surface area contributed by atoms with Crippen molar-refractivity contribution < 1.29 is 9.90 Å². The number of Topliss-reactive ketones (excluding diaryl/α,β-unsaturated/α-hetero) is 1. The van der Waals surface area contributed by atoms with Gasteiger partial charge in [-0.1, -0.05) is 79.6 Å². The summed E-state index contributed by atoms with van der Waals surface area (Å²) in [6.07, 6.45) is 3.09. The van der Waals surface area contributed by atoms with Crippen molar-refractivity contribution >= 4 is 40.3 Å². The van der Waals surface area contributed by atoms with Crippen molar-refractivity contribution in [3.05, 3.63) is 125 Å². The van der Waals surface area contributed by atoms with Crippen LogP contribution in [0, 0.1) is 25.7 Å². The molecule has 1 aliphatic heterocycles. The van der Waals surface area contributed by atoms with Crippen LogP contribution in [0.4, 0.5) is 22.7 Å². The standard InChI is InChI=1S/C38H38N2O2/c1-24(2)22-27(5)40(30-18-12-26(4)13-19-30)31-20-14-28(15-21-31)35-37(41)36(38(35)42)33-23-39(29-16-10-25(3)11-17-29)34-9-7-6-8-32(33)34/h6-21,23-24,27,33,36H,22H2,1-5H3. The Bertz CT molecular complexity index is 1680. The van der Waals surface area contributed by atoms with Crippen molar-refractivity contribution in [3.63, 3.8) is 0 Å². The summed E-state index contributed by atoms with van der Waals surface area (Å²) in [6, 6.07) is 33.2. The van der Waals surface area contributed by atoms with Crippen molar-refractivity contribution in [1.29, 1.82) is 0 Å². The van der Waals surface area contributed by atoms with Gasteiger partial charge in [0.15, 0.2) is 12.0 Å². The van der Waals surface area contributed by atoms with E-state index >= 15 is 0 Å². The molecule has 0 N–H and O–H groups in total. The van der Waals surface area contributed by atoms with E-state index in [0.29, 0.717) is 17.1 Å². The Morgan fingerprint density at radius 3 is 1.95 bits per heavy atom. The Morgan fingerprint density at radius 2 is 1.36 bits per heavy atom. The first-order valence-electron chi connectivity index (χ1n) is 14.9. The number of hydrogen-bond donors (Lipinski definition) is 0. The number of hydrogen-bond acceptors (Lipinski definition) is 3. The number of fused-ring (bicyclic) bond motifs is 1. The van der Waals surface area contributed by atoms with Gasteiger partial charge in [0.2, 0.25) is 11.4 Å². The number of allylic oxidation sites excluding steroid dienone is 2. The maximum Gasteiger partial charge on any atom is 0.214 e. The van der Waals surface area contributed by atoms with Crippen LogP contribution in [0.5, 0.6) is 0 Å². The van der Waals surface area contributed by atoms with Crippen LogP contribution < -0.4 is 14.6 Å². The smallest absolute Gasteiger partial charge is 0.214 e. The lowest BCUT2D eigenvalue weighted by molar-refractivity contribution is -0.315. The summed E-state index contributed by atoms with van der Waals surface area (Å²) in [4.78, 5) is 16.0. The van der Waals surface area contributed by atoms with Gasteiger partial charge in [0, 0.05) is 46.8 Å². The van der Waals surface area contributed by atoms with Gasteiger partial charge in [-0.15, -0.1) is 5.76 Å². The minimum Gasteiger partial charge on any atom is -0.874 e. The molecule has 0 fully saturated rings. The second kappa shape index (κ2) is 11.1. The van der Waals surface area contributed by atoms with E-state index in [1.165, 1.54) is 11.1 Å². The van der Waals surface area contributed by atoms with Crippen molar-refractivity contribution in [2.45, 2.75) is 53.0 Å². The molecule has 0 aromatic heterocycles. The highest BCUT2D eigenvalue weighted by Gasteiger charge is 2.46. The number of rotatable bonds is 8. The van der Waals surface area contributed by atoms with Crippen molar-refractivity contribution in [1.82, 2.24) is 4.58 Å². The minimum atomic E-state index is -0.689. The maximum absolute atomic E-state index is 13.7. The van der Waals surface area contributed by atoms with Gasteiger partial charge in [-0.2, -0.15) is 4.58 Å². The van der Waals surface area contributed by atoms with Crippen LogP contribution in [0.25, 0.3) is 5.57 Å². The van der Waals surface area contributed by atoms with Crippen LogP contribution in [-0.2, 0) is 4.79 Å². The van der Waals surface area contributed by atoms with Gasteiger partial charge < -0.3 is 10.0 Å². The van der Waals surface area contributed by atoms with E-state index in [9.17, 15) is 9.90 Å². The zero-order valence-electron chi connectivity index (χ0n) is 25.0. The van der Waals surface area contributed by atoms with Crippen LogP contribution in [0.1, 0.15) is 55.4 Å². The summed E-state index contributed by atoms with van der Waals surface area (Å²) in [5, 5.41) is 13.7. The number of aryl methyl sites for hydroxylation is 2. The Hall–Kier alpha value is -4.44. The molecule has 6 rings (SSSR count). The van der Waals surface area contributed by atoms with E-state index < -0.39 is 5.92 Å². The van der Waals surface area contributed by atoms with E-state index in [0.717, 1.165) is 34.7 Å². The van der Waals surface area contributed by atoms with Gasteiger partial charge in [0.25, 0.3) is 0 Å². The lowest BCUT2D eigenvalue weighted by atomic mass is 9.70. The maximum atomic E-state index is 13.7. The van der Waals surface area contributed by atoms with Crippen LogP contribution in [0.15, 0.2) is 103 Å². The number of carbonyl (C=O) groups excluding carboxylic acids is 1. The third-order valence-corrected chi connectivity index (χ3v) is 8.59. The van der Waals surface area contributed by atoms with Crippen molar-refractivity contribution in [2.75, 3.05) is 4.90 Å². The van der Waals surface area contributed by atoms with Crippen molar-refractivity contribution in [2.24, 2.45) is 11.8 Å². The summed E-state index contributed by atoms with van der Waals surface area (Å²) in [5.74, 6) is -0.550. The molecule has 0 spiro atoms. The molecule has 0 bridgehead atoms. The largest absolute Gasteiger partial charge is 0.874 e. The fourth-order valence-corrected chi connectivity index (χ4v) is 6.53. The van der Waals surface area contributed by atoms with Crippen LogP contribution in [0.3, 0.4) is 0 Å². The topological polar surface area (TPSA) is 46.4 Å². The van der Waals surface area contributed by atoms with Gasteiger partial charge >= 0.3 is 0 Å². The fourth-order valence-electron chi connectivity index (χ4n) is 6.53. The Morgan fingerprint density at radius 1 is 0.786 bits per heavy atom. The van der Waals surface area contributed by atoms with Gasteiger partial charge in [-0.25, -0.2) is 0 Å². The highest BCUT2D eigenvalue weighted by Crippen LogP contribution is 2.47. The lowest BCUT2D eigenvalue weighted by Gasteiger charge is -2.39. The first-order valence-corrected chi connectivity index (χ1v) is 14.9. The highest BCUT2D eigenvalue weighted by molar-refractivity contribution is 6.30. The molecule has 0 amide bonds. The summed E-state index contributed by atoms with van der Waals surface area (Å²) in [6.45, 7) is 10.9. The first kappa shape index (κ1) is 27.7. The van der Waals surface area contributed by atoms with Gasteiger partial charge in [0.1, 0.15) is 0 Å². The zero-order valence-corrected chi connectivity index (χ0v) is 25.0. The number of para-hydroxylation sites is 1. The molecule has 0 saturated heterocycles. The number of nitrogens with zero attached hydrogens (tertiary/aromatic N) is 2. The van der Waals surface area contributed by atoms with E-state index in [1.54, 1.807) is 0 Å². The predicted molar refractivity (Wildman–Crippen MR) is 172 cm³/mol. The molecule has 4 nitrogen and oxygen atoms in total. The zero-order chi connectivity index (χ0) is 29.5.